The molecule has 1 saturated carbocycles. The van der Waals surface area contributed by atoms with Crippen LogP contribution in [0, 0.1) is 0 Å². The third-order valence-electron chi connectivity index (χ3n) is 3.29. The summed E-state index contributed by atoms with van der Waals surface area (Å²) < 4.78 is 0. The van der Waals surface area contributed by atoms with Crippen LogP contribution in [0.1, 0.15) is 36.2 Å². The molecule has 0 aromatic carbocycles. The van der Waals surface area contributed by atoms with Crippen LogP contribution in [0.3, 0.4) is 0 Å². The maximum atomic E-state index is 12.3. The van der Waals surface area contributed by atoms with Crippen LogP contribution in [-0.4, -0.2) is 28.4 Å². The average molecular weight is 233 g/mol. The molecule has 1 aliphatic carbocycles. The molecule has 1 amide bonds. The van der Waals surface area contributed by atoms with Gasteiger partial charge < -0.3 is 15.6 Å². The Balaban J connectivity index is 2.14. The highest BCUT2D eigenvalue weighted by atomic mass is 16.2. The van der Waals surface area contributed by atoms with Crippen molar-refractivity contribution < 1.29 is 4.79 Å². The van der Waals surface area contributed by atoms with Gasteiger partial charge in [-0.3, -0.25) is 4.79 Å². The first kappa shape index (κ1) is 11.8. The lowest BCUT2D eigenvalue weighted by Crippen LogP contribution is -2.39. The van der Waals surface area contributed by atoms with Gasteiger partial charge in [-0.2, -0.15) is 0 Å². The predicted octanol–water partition coefficient (Wildman–Crippen LogP) is 2.17. The number of anilines is 1. The van der Waals surface area contributed by atoms with Gasteiger partial charge in [0.2, 0.25) is 0 Å². The van der Waals surface area contributed by atoms with Gasteiger partial charge in [-0.15, -0.1) is 6.58 Å². The summed E-state index contributed by atoms with van der Waals surface area (Å²) in [4.78, 5) is 17.1. The third kappa shape index (κ3) is 2.52. The van der Waals surface area contributed by atoms with E-state index in [0.717, 1.165) is 12.8 Å². The maximum absolute atomic E-state index is 12.3. The van der Waals surface area contributed by atoms with Crippen LogP contribution in [0.5, 0.6) is 0 Å². The molecule has 0 aliphatic heterocycles. The zero-order valence-electron chi connectivity index (χ0n) is 9.98. The Kier molecular flexibility index (Phi) is 3.52. The van der Waals surface area contributed by atoms with Crippen LogP contribution >= 0.6 is 0 Å². The van der Waals surface area contributed by atoms with Crippen molar-refractivity contribution in [2.24, 2.45) is 0 Å². The minimum absolute atomic E-state index is 0.0218. The van der Waals surface area contributed by atoms with E-state index in [1.165, 1.54) is 12.8 Å². The number of aromatic amines is 1. The molecule has 0 saturated heterocycles. The summed E-state index contributed by atoms with van der Waals surface area (Å²) in [5, 5.41) is 0. The number of nitrogen functional groups attached to an aromatic ring is 1. The summed E-state index contributed by atoms with van der Waals surface area (Å²) in [6.45, 7) is 4.32. The highest BCUT2D eigenvalue weighted by Crippen LogP contribution is 2.24. The first-order valence-electron chi connectivity index (χ1n) is 6.08. The first-order chi connectivity index (χ1) is 8.22. The Morgan fingerprint density at radius 3 is 2.82 bits per heavy atom. The molecule has 1 aliphatic rings. The number of nitrogens with zero attached hydrogens (tertiary/aromatic N) is 1. The normalized spacial score (nSPS) is 16.0. The van der Waals surface area contributed by atoms with Gasteiger partial charge in [-0.05, 0) is 18.9 Å². The predicted molar refractivity (Wildman–Crippen MR) is 68.7 cm³/mol. The van der Waals surface area contributed by atoms with Gasteiger partial charge in [0.1, 0.15) is 5.69 Å². The van der Waals surface area contributed by atoms with E-state index in [1.807, 2.05) is 4.90 Å². The molecule has 2 rings (SSSR count). The van der Waals surface area contributed by atoms with Gasteiger partial charge in [-0.25, -0.2) is 0 Å². The smallest absolute Gasteiger partial charge is 0.270 e. The lowest BCUT2D eigenvalue weighted by Gasteiger charge is -2.27. The van der Waals surface area contributed by atoms with Gasteiger partial charge in [0, 0.05) is 24.5 Å². The number of nitrogens with two attached hydrogens (primary N) is 1. The van der Waals surface area contributed by atoms with Gasteiger partial charge >= 0.3 is 0 Å². The summed E-state index contributed by atoms with van der Waals surface area (Å²) in [5.74, 6) is 0.0218. The van der Waals surface area contributed by atoms with E-state index in [-0.39, 0.29) is 5.91 Å². The van der Waals surface area contributed by atoms with Crippen molar-refractivity contribution in [1.29, 1.82) is 0 Å². The fraction of sp³-hybridized carbons (Fsp3) is 0.462. The molecule has 0 radical (unpaired) electrons. The first-order valence-corrected chi connectivity index (χ1v) is 6.08. The summed E-state index contributed by atoms with van der Waals surface area (Å²) in [6.07, 6.45) is 8.03. The van der Waals surface area contributed by atoms with Gasteiger partial charge in [-0.1, -0.05) is 18.9 Å². The average Bonchev–Trinajstić information content (AvgIpc) is 2.95. The molecule has 0 bridgehead atoms. The molecule has 3 N–H and O–H groups in total. The molecule has 4 heteroatoms. The number of carbonyl (C=O) groups is 1. The number of carbonyl (C=O) groups excluding carboxylic acids is 1. The fourth-order valence-electron chi connectivity index (χ4n) is 2.44. The van der Waals surface area contributed by atoms with Crippen molar-refractivity contribution in [2.75, 3.05) is 12.3 Å². The van der Waals surface area contributed by atoms with Crippen molar-refractivity contribution in [3.05, 3.63) is 30.6 Å². The highest BCUT2D eigenvalue weighted by molar-refractivity contribution is 5.93. The molecule has 0 spiro atoms. The summed E-state index contributed by atoms with van der Waals surface area (Å²) in [7, 11) is 0. The second-order valence-corrected chi connectivity index (χ2v) is 4.53. The lowest BCUT2D eigenvalue weighted by molar-refractivity contribution is 0.0701. The summed E-state index contributed by atoms with van der Waals surface area (Å²) in [5.41, 5.74) is 6.78. The van der Waals surface area contributed by atoms with Crippen LogP contribution in [0.25, 0.3) is 0 Å². The lowest BCUT2D eigenvalue weighted by atomic mass is 10.2. The van der Waals surface area contributed by atoms with Gasteiger partial charge in [0.25, 0.3) is 5.91 Å². The molecular weight excluding hydrogens is 214 g/mol. The van der Waals surface area contributed by atoms with Crippen molar-refractivity contribution >= 4 is 11.6 Å². The number of nitrogens with one attached hydrogen (secondary N) is 1. The van der Waals surface area contributed by atoms with Crippen molar-refractivity contribution in [3.63, 3.8) is 0 Å². The molecule has 1 aromatic rings. The standard InChI is InChI=1S/C13H19N3O/c1-2-7-16(11-5-3-4-6-11)13(17)12-8-10(14)9-15-12/h2,8-9,11,15H,1,3-7,14H2. The highest BCUT2D eigenvalue weighted by Gasteiger charge is 2.27. The molecule has 4 nitrogen and oxygen atoms in total. The Hall–Kier alpha value is -1.71. The van der Waals surface area contributed by atoms with Gasteiger partial charge in [0.15, 0.2) is 0 Å². The van der Waals surface area contributed by atoms with E-state index in [2.05, 4.69) is 11.6 Å². The molecule has 1 fully saturated rings. The Bertz CT molecular complexity index is 405. The molecular formula is C13H19N3O. The number of hydrogen-bond acceptors (Lipinski definition) is 2. The van der Waals surface area contributed by atoms with E-state index < -0.39 is 0 Å². The fourth-order valence-corrected chi connectivity index (χ4v) is 2.44. The number of amides is 1. The minimum atomic E-state index is 0.0218. The topological polar surface area (TPSA) is 62.1 Å². The zero-order chi connectivity index (χ0) is 12.3. The second kappa shape index (κ2) is 5.08. The van der Waals surface area contributed by atoms with Gasteiger partial charge in [0.05, 0.1) is 0 Å². The monoisotopic (exact) mass is 233 g/mol. The minimum Gasteiger partial charge on any atom is -0.397 e. The largest absolute Gasteiger partial charge is 0.397 e. The maximum Gasteiger partial charge on any atom is 0.270 e. The second-order valence-electron chi connectivity index (χ2n) is 4.53. The molecule has 0 unspecified atom stereocenters. The Morgan fingerprint density at radius 1 is 1.59 bits per heavy atom. The van der Waals surface area contributed by atoms with Crippen LogP contribution in [0.4, 0.5) is 5.69 Å². The molecule has 0 atom stereocenters. The molecule has 1 aromatic heterocycles. The van der Waals surface area contributed by atoms with E-state index in [0.29, 0.717) is 24.0 Å². The van der Waals surface area contributed by atoms with Crippen molar-refractivity contribution in [1.82, 2.24) is 9.88 Å². The Morgan fingerprint density at radius 2 is 2.29 bits per heavy atom. The summed E-state index contributed by atoms with van der Waals surface area (Å²) >= 11 is 0. The van der Waals surface area contributed by atoms with Crippen molar-refractivity contribution in [2.45, 2.75) is 31.7 Å². The number of H-pyrrole nitrogens is 1. The number of aromatic nitrogens is 1. The van der Waals surface area contributed by atoms with E-state index in [1.54, 1.807) is 18.3 Å². The van der Waals surface area contributed by atoms with E-state index in [4.69, 9.17) is 5.73 Å². The van der Waals surface area contributed by atoms with Crippen molar-refractivity contribution in [3.8, 4) is 0 Å². The third-order valence-corrected chi connectivity index (χ3v) is 3.29. The van der Waals surface area contributed by atoms with E-state index in [9.17, 15) is 4.79 Å². The number of rotatable bonds is 4. The quantitative estimate of drug-likeness (QED) is 0.783. The molecule has 92 valence electrons. The van der Waals surface area contributed by atoms with Crippen LogP contribution < -0.4 is 5.73 Å². The summed E-state index contributed by atoms with van der Waals surface area (Å²) in [6, 6.07) is 2.04. The Labute approximate surface area is 101 Å². The van der Waals surface area contributed by atoms with Crippen LogP contribution in [0.15, 0.2) is 24.9 Å². The SMILES string of the molecule is C=CCN(C(=O)c1cc(N)c[nH]1)C1CCCC1. The number of hydrogen-bond donors (Lipinski definition) is 2. The zero-order valence-corrected chi connectivity index (χ0v) is 9.98. The van der Waals surface area contributed by atoms with E-state index >= 15 is 0 Å². The molecule has 1 heterocycles. The van der Waals surface area contributed by atoms with Crippen LogP contribution in [-0.2, 0) is 0 Å². The van der Waals surface area contributed by atoms with Crippen LogP contribution in [0.2, 0.25) is 0 Å². The molecule has 17 heavy (non-hydrogen) atoms.